The molecule has 0 radical (unpaired) electrons. The molecule has 0 spiro atoms. The van der Waals surface area contributed by atoms with Gasteiger partial charge in [-0.05, 0) is 45.9 Å². The fourth-order valence-corrected chi connectivity index (χ4v) is 3.37. The Morgan fingerprint density at radius 1 is 1.22 bits per heavy atom. The predicted octanol–water partition coefficient (Wildman–Crippen LogP) is 2.93. The lowest BCUT2D eigenvalue weighted by molar-refractivity contribution is 0.0579. The summed E-state index contributed by atoms with van der Waals surface area (Å²) in [5, 5.41) is 0.798. The molecule has 0 aliphatic heterocycles. The minimum Gasteiger partial charge on any atom is -0.442 e. The summed E-state index contributed by atoms with van der Waals surface area (Å²) >= 11 is 0. The van der Waals surface area contributed by atoms with Gasteiger partial charge in [-0.25, -0.2) is 28.8 Å². The van der Waals surface area contributed by atoms with Crippen molar-refractivity contribution < 1.29 is 13.7 Å². The molecule has 1 amide bonds. The maximum absolute atomic E-state index is 12.8. The molecule has 142 valence electrons. The molecule has 3 rings (SSSR count). The molecule has 2 heterocycles. The van der Waals surface area contributed by atoms with Crippen LogP contribution >= 0.6 is 0 Å². The molecule has 0 fully saturated rings. The second-order valence-corrected chi connectivity index (χ2v) is 8.35. The highest BCUT2D eigenvalue weighted by molar-refractivity contribution is 7.83. The van der Waals surface area contributed by atoms with E-state index in [0.29, 0.717) is 16.1 Å². The summed E-state index contributed by atoms with van der Waals surface area (Å²) in [7, 11) is -1.46. The van der Waals surface area contributed by atoms with Crippen molar-refractivity contribution in [2.24, 2.45) is 5.84 Å². The average Bonchev–Trinajstić information content (AvgIpc) is 3.02. The van der Waals surface area contributed by atoms with Crippen molar-refractivity contribution in [3.63, 3.8) is 0 Å². The van der Waals surface area contributed by atoms with E-state index in [0.717, 1.165) is 10.6 Å². The first-order valence-corrected chi connectivity index (χ1v) is 9.37. The van der Waals surface area contributed by atoms with E-state index in [1.807, 2.05) is 31.2 Å². The number of nitrogens with zero attached hydrogens (tertiary/aromatic N) is 4. The molecular formula is C18H21N5O3S. The fraction of sp³-hybridized carbons (Fsp3) is 0.278. The van der Waals surface area contributed by atoms with E-state index in [1.165, 1.54) is 10.2 Å². The summed E-state index contributed by atoms with van der Waals surface area (Å²) in [5.74, 6) is 5.93. The third kappa shape index (κ3) is 4.15. The molecule has 0 aliphatic rings. The maximum atomic E-state index is 12.8. The van der Waals surface area contributed by atoms with E-state index in [-0.39, 0.29) is 5.82 Å². The zero-order valence-electron chi connectivity index (χ0n) is 15.5. The highest BCUT2D eigenvalue weighted by Gasteiger charge is 2.23. The minimum atomic E-state index is -1.46. The number of aromatic nitrogens is 3. The van der Waals surface area contributed by atoms with Crippen molar-refractivity contribution in [1.29, 1.82) is 0 Å². The van der Waals surface area contributed by atoms with E-state index < -0.39 is 22.7 Å². The summed E-state index contributed by atoms with van der Waals surface area (Å²) in [6.07, 6.45) is 2.24. The van der Waals surface area contributed by atoms with Gasteiger partial charge in [0.15, 0.2) is 22.5 Å². The Kier molecular flexibility index (Phi) is 4.99. The molecule has 9 heteroatoms. The minimum absolute atomic E-state index is 0.135. The smallest absolute Gasteiger partial charge is 0.430 e. The van der Waals surface area contributed by atoms with Crippen molar-refractivity contribution in [2.45, 2.75) is 38.2 Å². The van der Waals surface area contributed by atoms with Gasteiger partial charge >= 0.3 is 6.09 Å². The summed E-state index contributed by atoms with van der Waals surface area (Å²) in [6.45, 7) is 7.20. The van der Waals surface area contributed by atoms with Gasteiger partial charge in [-0.1, -0.05) is 17.7 Å². The van der Waals surface area contributed by atoms with Crippen LogP contribution in [0.15, 0.2) is 47.6 Å². The SMILES string of the molecule is Cc1ccc(S(=O)n2ccc3nc(N(N)C(=O)OC(C)(C)C)cnc32)cc1. The molecule has 0 saturated heterocycles. The second kappa shape index (κ2) is 7.09. The average molecular weight is 387 g/mol. The fourth-order valence-electron chi connectivity index (χ4n) is 2.30. The molecule has 2 aromatic heterocycles. The Labute approximate surface area is 159 Å². The Hall–Kier alpha value is -2.78. The number of benzene rings is 1. The van der Waals surface area contributed by atoms with E-state index in [9.17, 15) is 9.00 Å². The number of nitrogens with two attached hydrogens (primary N) is 1. The van der Waals surface area contributed by atoms with Gasteiger partial charge in [0.2, 0.25) is 0 Å². The molecule has 1 atom stereocenters. The van der Waals surface area contributed by atoms with Crippen LogP contribution in [0.25, 0.3) is 11.2 Å². The number of fused-ring (bicyclic) bond motifs is 1. The number of hydrogen-bond acceptors (Lipinski definition) is 6. The third-order valence-corrected chi connectivity index (χ3v) is 4.91. The predicted molar refractivity (Wildman–Crippen MR) is 103 cm³/mol. The number of ether oxygens (including phenoxy) is 1. The zero-order valence-corrected chi connectivity index (χ0v) is 16.4. The molecule has 27 heavy (non-hydrogen) atoms. The zero-order chi connectivity index (χ0) is 19.8. The Morgan fingerprint density at radius 3 is 2.52 bits per heavy atom. The lowest BCUT2D eigenvalue weighted by Crippen LogP contribution is -2.42. The monoisotopic (exact) mass is 387 g/mol. The quantitative estimate of drug-likeness (QED) is 0.421. The lowest BCUT2D eigenvalue weighted by atomic mass is 10.2. The molecule has 0 bridgehead atoms. The van der Waals surface area contributed by atoms with Gasteiger partial charge in [0.25, 0.3) is 0 Å². The standard InChI is InChI=1S/C18H21N5O3S/c1-12-5-7-13(8-6-12)27(25)22-10-9-14-16(22)20-11-15(21-14)23(19)17(24)26-18(2,3)4/h5-11H,19H2,1-4H3. The summed E-state index contributed by atoms with van der Waals surface area (Å²) < 4.78 is 19.5. The summed E-state index contributed by atoms with van der Waals surface area (Å²) in [6, 6.07) is 9.08. The van der Waals surface area contributed by atoms with Crippen LogP contribution in [0.4, 0.5) is 10.6 Å². The van der Waals surface area contributed by atoms with Gasteiger partial charge in [-0.3, -0.25) is 0 Å². The first-order valence-electron chi connectivity index (χ1n) is 8.26. The molecule has 3 aromatic rings. The highest BCUT2D eigenvalue weighted by Crippen LogP contribution is 2.20. The van der Waals surface area contributed by atoms with Gasteiger partial charge in [0, 0.05) is 6.20 Å². The third-order valence-electron chi connectivity index (χ3n) is 3.58. The van der Waals surface area contributed by atoms with Crippen LogP contribution in [0.5, 0.6) is 0 Å². The second-order valence-electron chi connectivity index (χ2n) is 6.99. The molecule has 0 aliphatic carbocycles. The van der Waals surface area contributed by atoms with Crippen molar-refractivity contribution >= 4 is 34.1 Å². The molecular weight excluding hydrogens is 366 g/mol. The normalized spacial score (nSPS) is 12.8. The Balaban J connectivity index is 1.89. The highest BCUT2D eigenvalue weighted by atomic mass is 32.2. The molecule has 1 unspecified atom stereocenters. The van der Waals surface area contributed by atoms with Crippen molar-refractivity contribution in [3.8, 4) is 0 Å². The number of carbonyl (C=O) groups is 1. The van der Waals surface area contributed by atoms with Gasteiger partial charge in [0.05, 0.1) is 11.1 Å². The number of carbonyl (C=O) groups excluding carboxylic acids is 1. The van der Waals surface area contributed by atoms with Gasteiger partial charge in [-0.2, -0.15) is 5.01 Å². The first kappa shape index (κ1) is 19.0. The van der Waals surface area contributed by atoms with Crippen molar-refractivity contribution in [2.75, 3.05) is 5.01 Å². The van der Waals surface area contributed by atoms with Crippen LogP contribution < -0.4 is 10.9 Å². The van der Waals surface area contributed by atoms with Crippen LogP contribution in [0.3, 0.4) is 0 Å². The number of rotatable bonds is 3. The van der Waals surface area contributed by atoms with Crippen molar-refractivity contribution in [3.05, 3.63) is 48.3 Å². The van der Waals surface area contributed by atoms with Crippen LogP contribution in [0, 0.1) is 6.92 Å². The Morgan fingerprint density at radius 2 is 1.89 bits per heavy atom. The van der Waals surface area contributed by atoms with Gasteiger partial charge in [-0.15, -0.1) is 0 Å². The topological polar surface area (TPSA) is 103 Å². The summed E-state index contributed by atoms with van der Waals surface area (Å²) in [4.78, 5) is 21.3. The number of hydrogen-bond donors (Lipinski definition) is 1. The van der Waals surface area contributed by atoms with E-state index in [2.05, 4.69) is 9.97 Å². The van der Waals surface area contributed by atoms with Crippen LogP contribution in [0.1, 0.15) is 26.3 Å². The van der Waals surface area contributed by atoms with Crippen LogP contribution in [0.2, 0.25) is 0 Å². The first-order chi connectivity index (χ1) is 12.7. The molecule has 8 nitrogen and oxygen atoms in total. The molecule has 2 N–H and O–H groups in total. The number of hydrazine groups is 1. The maximum Gasteiger partial charge on any atom is 0.430 e. The van der Waals surface area contributed by atoms with E-state index in [1.54, 1.807) is 33.0 Å². The van der Waals surface area contributed by atoms with E-state index in [4.69, 9.17) is 10.6 Å². The Bertz CT molecular complexity index is 1010. The molecule has 1 aromatic carbocycles. The largest absolute Gasteiger partial charge is 0.442 e. The van der Waals surface area contributed by atoms with Gasteiger partial charge < -0.3 is 4.74 Å². The van der Waals surface area contributed by atoms with Crippen molar-refractivity contribution in [1.82, 2.24) is 13.9 Å². The van der Waals surface area contributed by atoms with Gasteiger partial charge in [0.1, 0.15) is 11.1 Å². The summed E-state index contributed by atoms with van der Waals surface area (Å²) in [5.41, 5.74) is 1.30. The lowest BCUT2D eigenvalue weighted by Gasteiger charge is -2.23. The van der Waals surface area contributed by atoms with Crippen LogP contribution in [-0.2, 0) is 15.7 Å². The number of amides is 1. The molecule has 0 saturated carbocycles. The van der Waals surface area contributed by atoms with Crippen LogP contribution in [-0.4, -0.2) is 29.8 Å². The van der Waals surface area contributed by atoms with E-state index >= 15 is 0 Å². The number of anilines is 1. The number of aryl methyl sites for hydroxylation is 1.